The van der Waals surface area contributed by atoms with Crippen LogP contribution in [-0.2, 0) is 6.54 Å². The summed E-state index contributed by atoms with van der Waals surface area (Å²) in [5.41, 5.74) is 7.17. The van der Waals surface area contributed by atoms with Crippen molar-refractivity contribution in [2.75, 3.05) is 6.54 Å². The highest BCUT2D eigenvalue weighted by molar-refractivity contribution is 5.79. The number of aliphatic imine (C=N–C) groups is 1. The summed E-state index contributed by atoms with van der Waals surface area (Å²) >= 11 is 0. The van der Waals surface area contributed by atoms with Crippen molar-refractivity contribution in [1.82, 2.24) is 15.1 Å². The van der Waals surface area contributed by atoms with Crippen molar-refractivity contribution in [2.24, 2.45) is 10.7 Å². The zero-order chi connectivity index (χ0) is 17.9. The van der Waals surface area contributed by atoms with E-state index in [4.69, 9.17) is 11.0 Å². The van der Waals surface area contributed by atoms with Crippen LogP contribution in [0.2, 0.25) is 0 Å². The highest BCUT2D eigenvalue weighted by atomic mass is 16.1. The predicted octanol–water partition coefficient (Wildman–Crippen LogP) is 1.86. The minimum Gasteiger partial charge on any atom is -0.369 e. The van der Waals surface area contributed by atoms with Gasteiger partial charge in [0, 0.05) is 24.7 Å². The smallest absolute Gasteiger partial charge is 0.266 e. The third kappa shape index (κ3) is 6.11. The van der Waals surface area contributed by atoms with Gasteiger partial charge in [0.2, 0.25) is 5.96 Å². The van der Waals surface area contributed by atoms with Crippen molar-refractivity contribution in [3.05, 3.63) is 52.8 Å². The Balaban J connectivity index is 1.79. The summed E-state index contributed by atoms with van der Waals surface area (Å²) < 4.78 is 1.52. The van der Waals surface area contributed by atoms with Crippen LogP contribution in [0.5, 0.6) is 0 Å². The minimum absolute atomic E-state index is 0.0837. The Bertz CT molecular complexity index is 791. The first kappa shape index (κ1) is 18.2. The molecule has 1 aromatic carbocycles. The topological polar surface area (TPSA) is 109 Å². The van der Waals surface area contributed by atoms with Gasteiger partial charge >= 0.3 is 0 Å². The standard InChI is InChI=1S/C18H22N6O/c19-14-22-18(20)21-12-6-1-2-7-13-24-17(25)11-10-16(23-24)15-8-4-3-5-9-15/h3-5,8-11H,1-2,6-7,12-13H2,(H3,20,21,22). The molecule has 0 saturated heterocycles. The van der Waals surface area contributed by atoms with Crippen LogP contribution in [0.1, 0.15) is 25.7 Å². The summed E-state index contributed by atoms with van der Waals surface area (Å²) in [7, 11) is 0. The van der Waals surface area contributed by atoms with Crippen LogP contribution in [0.15, 0.2) is 52.3 Å². The molecule has 25 heavy (non-hydrogen) atoms. The van der Waals surface area contributed by atoms with Gasteiger partial charge in [-0.25, -0.2) is 4.68 Å². The Morgan fingerprint density at radius 1 is 1.16 bits per heavy atom. The molecule has 7 nitrogen and oxygen atoms in total. The number of benzene rings is 1. The highest BCUT2D eigenvalue weighted by Gasteiger charge is 2.03. The van der Waals surface area contributed by atoms with Crippen molar-refractivity contribution in [3.8, 4) is 17.5 Å². The van der Waals surface area contributed by atoms with Gasteiger partial charge in [-0.15, -0.1) is 0 Å². The molecule has 2 aromatic rings. The number of hydrogen-bond acceptors (Lipinski definition) is 4. The van der Waals surface area contributed by atoms with Gasteiger partial charge < -0.3 is 5.73 Å². The minimum atomic E-state index is -0.0837. The van der Waals surface area contributed by atoms with Gasteiger partial charge in [0.1, 0.15) is 0 Å². The second-order valence-electron chi connectivity index (χ2n) is 5.56. The maximum Gasteiger partial charge on any atom is 0.266 e. The van der Waals surface area contributed by atoms with Crippen LogP contribution in [0.3, 0.4) is 0 Å². The van der Waals surface area contributed by atoms with Gasteiger partial charge in [0.05, 0.1) is 5.69 Å². The van der Waals surface area contributed by atoms with E-state index in [1.54, 1.807) is 18.3 Å². The number of nitriles is 1. The first-order valence-corrected chi connectivity index (χ1v) is 8.29. The molecule has 0 amide bonds. The maximum atomic E-state index is 11.9. The summed E-state index contributed by atoms with van der Waals surface area (Å²) in [6, 6.07) is 13.1. The summed E-state index contributed by atoms with van der Waals surface area (Å²) in [4.78, 5) is 16.0. The second kappa shape index (κ2) is 9.88. The molecule has 0 spiro atoms. The van der Waals surface area contributed by atoms with Crippen molar-refractivity contribution in [3.63, 3.8) is 0 Å². The van der Waals surface area contributed by atoms with Crippen LogP contribution in [0.25, 0.3) is 11.3 Å². The lowest BCUT2D eigenvalue weighted by molar-refractivity contribution is 0.518. The van der Waals surface area contributed by atoms with Gasteiger partial charge in [0.15, 0.2) is 6.19 Å². The van der Waals surface area contributed by atoms with Crippen LogP contribution < -0.4 is 16.6 Å². The van der Waals surface area contributed by atoms with E-state index in [1.165, 1.54) is 4.68 Å². The fraction of sp³-hybridized carbons (Fsp3) is 0.333. The molecule has 0 aliphatic heterocycles. The second-order valence-corrected chi connectivity index (χ2v) is 5.56. The zero-order valence-corrected chi connectivity index (χ0v) is 14.1. The number of aryl methyl sites for hydroxylation is 1. The molecule has 0 unspecified atom stereocenters. The number of unbranched alkanes of at least 4 members (excludes halogenated alkanes) is 3. The number of rotatable bonds is 8. The van der Waals surface area contributed by atoms with E-state index < -0.39 is 0 Å². The Morgan fingerprint density at radius 2 is 1.92 bits per heavy atom. The molecule has 1 heterocycles. The summed E-state index contributed by atoms with van der Waals surface area (Å²) in [5, 5.41) is 15.1. The average Bonchev–Trinajstić information content (AvgIpc) is 2.63. The Morgan fingerprint density at radius 3 is 2.68 bits per heavy atom. The zero-order valence-electron chi connectivity index (χ0n) is 14.1. The maximum absolute atomic E-state index is 11.9. The number of nitrogens with one attached hydrogen (secondary N) is 1. The number of aromatic nitrogens is 2. The lowest BCUT2D eigenvalue weighted by Crippen LogP contribution is -2.27. The monoisotopic (exact) mass is 338 g/mol. The van der Waals surface area contributed by atoms with Crippen LogP contribution in [-0.4, -0.2) is 22.3 Å². The number of nitrogens with zero attached hydrogens (tertiary/aromatic N) is 4. The quantitative estimate of drug-likeness (QED) is 0.251. The van der Waals surface area contributed by atoms with E-state index in [1.807, 2.05) is 30.3 Å². The van der Waals surface area contributed by atoms with Crippen molar-refractivity contribution >= 4 is 5.96 Å². The fourth-order valence-electron chi connectivity index (χ4n) is 2.40. The van der Waals surface area contributed by atoms with E-state index >= 15 is 0 Å². The molecular weight excluding hydrogens is 316 g/mol. The van der Waals surface area contributed by atoms with Gasteiger partial charge in [-0.2, -0.15) is 10.4 Å². The van der Waals surface area contributed by atoms with Crippen molar-refractivity contribution in [1.29, 1.82) is 5.26 Å². The average molecular weight is 338 g/mol. The molecule has 0 radical (unpaired) electrons. The Kier molecular flexibility index (Phi) is 7.19. The first-order chi connectivity index (χ1) is 12.2. The summed E-state index contributed by atoms with van der Waals surface area (Å²) in [5.74, 6) is 0.149. The molecule has 0 atom stereocenters. The van der Waals surface area contributed by atoms with Gasteiger partial charge in [-0.05, 0) is 18.9 Å². The summed E-state index contributed by atoms with van der Waals surface area (Å²) in [6.45, 7) is 1.18. The predicted molar refractivity (Wildman–Crippen MR) is 97.6 cm³/mol. The lowest BCUT2D eigenvalue weighted by atomic mass is 10.1. The summed E-state index contributed by atoms with van der Waals surface area (Å²) in [6.07, 6.45) is 5.45. The molecule has 1 aromatic heterocycles. The fourth-order valence-corrected chi connectivity index (χ4v) is 2.40. The third-order valence-corrected chi connectivity index (χ3v) is 3.68. The highest BCUT2D eigenvalue weighted by Crippen LogP contribution is 2.14. The molecule has 0 fully saturated rings. The molecule has 0 bridgehead atoms. The van der Waals surface area contributed by atoms with Crippen LogP contribution >= 0.6 is 0 Å². The normalized spacial score (nSPS) is 11.1. The van der Waals surface area contributed by atoms with Crippen LogP contribution in [0, 0.1) is 11.5 Å². The van der Waals surface area contributed by atoms with Gasteiger partial charge in [-0.3, -0.25) is 15.1 Å². The molecule has 3 N–H and O–H groups in total. The molecule has 0 aliphatic rings. The Hall–Kier alpha value is -3.14. The van der Waals surface area contributed by atoms with E-state index in [2.05, 4.69) is 15.4 Å². The lowest BCUT2D eigenvalue weighted by Gasteiger charge is -2.07. The van der Waals surface area contributed by atoms with E-state index in [-0.39, 0.29) is 11.5 Å². The third-order valence-electron chi connectivity index (χ3n) is 3.68. The molecule has 2 rings (SSSR count). The Labute approximate surface area is 146 Å². The molecular formula is C18H22N6O. The van der Waals surface area contributed by atoms with Gasteiger partial charge in [0.25, 0.3) is 5.56 Å². The molecule has 130 valence electrons. The van der Waals surface area contributed by atoms with E-state index in [9.17, 15) is 4.79 Å². The van der Waals surface area contributed by atoms with E-state index in [0.717, 1.165) is 36.9 Å². The first-order valence-electron chi connectivity index (χ1n) is 8.29. The number of nitrogens with two attached hydrogens (primary N) is 1. The SMILES string of the molecule is N#CNC(N)=NCCCCCCn1nc(-c2ccccc2)ccc1=O. The molecule has 7 heteroatoms. The van der Waals surface area contributed by atoms with Gasteiger partial charge in [-0.1, -0.05) is 43.2 Å². The van der Waals surface area contributed by atoms with E-state index in [0.29, 0.717) is 13.1 Å². The van der Waals surface area contributed by atoms with Crippen molar-refractivity contribution < 1.29 is 0 Å². The number of guanidine groups is 1. The van der Waals surface area contributed by atoms with Crippen molar-refractivity contribution in [2.45, 2.75) is 32.2 Å². The largest absolute Gasteiger partial charge is 0.369 e. The molecule has 0 aliphatic carbocycles. The molecule has 0 saturated carbocycles. The number of hydrogen-bond donors (Lipinski definition) is 2. The van der Waals surface area contributed by atoms with Crippen LogP contribution in [0.4, 0.5) is 0 Å².